The fourth-order valence-electron chi connectivity index (χ4n) is 2.04. The molecule has 0 amide bonds. The van der Waals surface area contributed by atoms with Crippen LogP contribution in [0.15, 0.2) is 18.2 Å². The van der Waals surface area contributed by atoms with Gasteiger partial charge < -0.3 is 5.73 Å². The van der Waals surface area contributed by atoms with Crippen molar-refractivity contribution in [2.45, 2.75) is 25.9 Å². The highest BCUT2D eigenvalue weighted by Crippen LogP contribution is 2.26. The Labute approximate surface area is 118 Å². The van der Waals surface area contributed by atoms with Gasteiger partial charge in [-0.25, -0.2) is 0 Å². The van der Waals surface area contributed by atoms with E-state index in [-0.39, 0.29) is 11.4 Å². The molecule has 2 N–H and O–H groups in total. The standard InChI is InChI=1S/C13H21N3O2S/c1-4-11(9-19-3)15(2)8-10-6-5-7-12(13(10)14)16(17)18/h5-7,11H,4,8-9,14H2,1-3H3. The van der Waals surface area contributed by atoms with Crippen molar-refractivity contribution in [3.63, 3.8) is 0 Å². The van der Waals surface area contributed by atoms with Gasteiger partial charge in [0.05, 0.1) is 4.92 Å². The third-order valence-corrected chi connectivity index (χ3v) is 3.96. The van der Waals surface area contributed by atoms with E-state index in [0.29, 0.717) is 12.6 Å². The van der Waals surface area contributed by atoms with Gasteiger partial charge in [-0.1, -0.05) is 19.1 Å². The Hall–Kier alpha value is -1.27. The van der Waals surface area contributed by atoms with E-state index in [1.165, 1.54) is 6.07 Å². The summed E-state index contributed by atoms with van der Waals surface area (Å²) < 4.78 is 0. The highest BCUT2D eigenvalue weighted by Gasteiger charge is 2.18. The summed E-state index contributed by atoms with van der Waals surface area (Å²) in [5, 5.41) is 10.9. The molecule has 1 rings (SSSR count). The summed E-state index contributed by atoms with van der Waals surface area (Å²) in [5.41, 5.74) is 6.96. The number of nitrogen functional groups attached to an aromatic ring is 1. The van der Waals surface area contributed by atoms with Crippen LogP contribution in [0.2, 0.25) is 0 Å². The van der Waals surface area contributed by atoms with Crippen LogP contribution in [0, 0.1) is 10.1 Å². The second kappa shape index (κ2) is 7.35. The van der Waals surface area contributed by atoms with Crippen molar-refractivity contribution in [1.29, 1.82) is 0 Å². The van der Waals surface area contributed by atoms with Crippen molar-refractivity contribution < 1.29 is 4.92 Å². The van der Waals surface area contributed by atoms with Gasteiger partial charge in [0.2, 0.25) is 0 Å². The maximum atomic E-state index is 10.9. The largest absolute Gasteiger partial charge is 0.393 e. The molecule has 19 heavy (non-hydrogen) atoms. The molecule has 0 aliphatic rings. The zero-order valence-electron chi connectivity index (χ0n) is 11.6. The van der Waals surface area contributed by atoms with Gasteiger partial charge >= 0.3 is 0 Å². The normalized spacial score (nSPS) is 12.6. The Morgan fingerprint density at radius 3 is 2.74 bits per heavy atom. The number of rotatable bonds is 7. The van der Waals surface area contributed by atoms with Crippen LogP contribution in [-0.4, -0.2) is 34.9 Å². The van der Waals surface area contributed by atoms with E-state index in [1.54, 1.807) is 17.8 Å². The van der Waals surface area contributed by atoms with Crippen molar-refractivity contribution in [1.82, 2.24) is 4.90 Å². The number of nitrogens with zero attached hydrogens (tertiary/aromatic N) is 2. The molecule has 0 fully saturated rings. The second-order valence-corrected chi connectivity index (χ2v) is 5.45. The number of nitro groups is 1. The first-order valence-electron chi connectivity index (χ1n) is 6.22. The smallest absolute Gasteiger partial charge is 0.292 e. The van der Waals surface area contributed by atoms with Gasteiger partial charge in [0.15, 0.2) is 0 Å². The average molecular weight is 283 g/mol. The molecule has 0 bridgehead atoms. The van der Waals surface area contributed by atoms with Crippen LogP contribution in [0.4, 0.5) is 11.4 Å². The molecule has 6 heteroatoms. The third kappa shape index (κ3) is 4.11. The highest BCUT2D eigenvalue weighted by atomic mass is 32.2. The van der Waals surface area contributed by atoms with E-state index >= 15 is 0 Å². The predicted octanol–water partition coefficient (Wildman–Crippen LogP) is 2.75. The van der Waals surface area contributed by atoms with Gasteiger partial charge in [-0.05, 0) is 25.3 Å². The molecular formula is C13H21N3O2S. The summed E-state index contributed by atoms with van der Waals surface area (Å²) in [6.45, 7) is 2.78. The molecule has 0 aromatic heterocycles. The minimum Gasteiger partial charge on any atom is -0.393 e. The summed E-state index contributed by atoms with van der Waals surface area (Å²) in [7, 11) is 2.03. The topological polar surface area (TPSA) is 72.4 Å². The van der Waals surface area contributed by atoms with E-state index in [1.807, 2.05) is 13.1 Å². The molecule has 1 unspecified atom stereocenters. The van der Waals surface area contributed by atoms with Gasteiger partial charge in [-0.3, -0.25) is 15.0 Å². The van der Waals surface area contributed by atoms with Gasteiger partial charge in [-0.2, -0.15) is 11.8 Å². The monoisotopic (exact) mass is 283 g/mol. The van der Waals surface area contributed by atoms with Crippen LogP contribution in [-0.2, 0) is 6.54 Å². The number of para-hydroxylation sites is 1. The van der Waals surface area contributed by atoms with Gasteiger partial charge in [0.25, 0.3) is 5.69 Å². The number of anilines is 1. The molecule has 5 nitrogen and oxygen atoms in total. The fourth-order valence-corrected chi connectivity index (χ4v) is 2.92. The maximum Gasteiger partial charge on any atom is 0.292 e. The van der Waals surface area contributed by atoms with Crippen molar-refractivity contribution in [2.24, 2.45) is 0 Å². The molecule has 1 aromatic rings. The summed E-state index contributed by atoms with van der Waals surface area (Å²) in [6, 6.07) is 5.43. The van der Waals surface area contributed by atoms with Crippen LogP contribution in [0.3, 0.4) is 0 Å². The number of nitro benzene ring substituents is 1. The first-order chi connectivity index (χ1) is 9.01. The zero-order chi connectivity index (χ0) is 14.4. The number of hydrogen-bond donors (Lipinski definition) is 1. The summed E-state index contributed by atoms with van der Waals surface area (Å²) in [6.07, 6.45) is 3.13. The van der Waals surface area contributed by atoms with Crippen LogP contribution in [0.25, 0.3) is 0 Å². The Bertz CT molecular complexity index is 440. The van der Waals surface area contributed by atoms with E-state index in [0.717, 1.165) is 17.7 Å². The summed E-state index contributed by atoms with van der Waals surface area (Å²) in [4.78, 5) is 12.6. The van der Waals surface area contributed by atoms with Gasteiger partial charge in [0, 0.05) is 24.4 Å². The van der Waals surface area contributed by atoms with Crippen molar-refractivity contribution in [3.8, 4) is 0 Å². The van der Waals surface area contributed by atoms with Crippen molar-refractivity contribution in [2.75, 3.05) is 24.8 Å². The number of thioether (sulfide) groups is 1. The minimum atomic E-state index is -0.433. The number of benzene rings is 1. The lowest BCUT2D eigenvalue weighted by Crippen LogP contribution is -2.32. The molecule has 0 radical (unpaired) electrons. The Morgan fingerprint density at radius 1 is 1.53 bits per heavy atom. The second-order valence-electron chi connectivity index (χ2n) is 4.54. The summed E-state index contributed by atoms with van der Waals surface area (Å²) >= 11 is 1.80. The molecule has 1 atom stereocenters. The molecule has 0 aliphatic heterocycles. The quantitative estimate of drug-likeness (QED) is 0.473. The predicted molar refractivity (Wildman–Crippen MR) is 81.4 cm³/mol. The lowest BCUT2D eigenvalue weighted by molar-refractivity contribution is -0.384. The van der Waals surface area contributed by atoms with Crippen LogP contribution in [0.5, 0.6) is 0 Å². The van der Waals surface area contributed by atoms with Gasteiger partial charge in [-0.15, -0.1) is 0 Å². The molecule has 0 saturated heterocycles. The Kier molecular flexibility index (Phi) is 6.11. The first-order valence-corrected chi connectivity index (χ1v) is 7.61. The first kappa shape index (κ1) is 15.8. The Balaban J connectivity index is 2.87. The molecule has 0 saturated carbocycles. The van der Waals surface area contributed by atoms with E-state index in [9.17, 15) is 10.1 Å². The van der Waals surface area contributed by atoms with Crippen LogP contribution in [0.1, 0.15) is 18.9 Å². The molecule has 0 aliphatic carbocycles. The van der Waals surface area contributed by atoms with Crippen LogP contribution >= 0.6 is 11.8 Å². The highest BCUT2D eigenvalue weighted by molar-refractivity contribution is 7.98. The lowest BCUT2D eigenvalue weighted by atomic mass is 10.1. The molecule has 0 heterocycles. The molecule has 106 valence electrons. The third-order valence-electron chi connectivity index (χ3n) is 3.24. The molecule has 0 spiro atoms. The Morgan fingerprint density at radius 2 is 2.21 bits per heavy atom. The average Bonchev–Trinajstić information content (AvgIpc) is 2.37. The molecule has 1 aromatic carbocycles. The summed E-state index contributed by atoms with van der Waals surface area (Å²) in [5.74, 6) is 1.04. The van der Waals surface area contributed by atoms with Crippen molar-refractivity contribution in [3.05, 3.63) is 33.9 Å². The van der Waals surface area contributed by atoms with Gasteiger partial charge in [0.1, 0.15) is 5.69 Å². The van der Waals surface area contributed by atoms with E-state index in [2.05, 4.69) is 18.1 Å². The zero-order valence-corrected chi connectivity index (χ0v) is 12.4. The van der Waals surface area contributed by atoms with Crippen LogP contribution < -0.4 is 5.73 Å². The fraction of sp³-hybridized carbons (Fsp3) is 0.538. The lowest BCUT2D eigenvalue weighted by Gasteiger charge is -2.27. The SMILES string of the molecule is CCC(CSC)N(C)Cc1cccc([N+](=O)[O-])c1N. The van der Waals surface area contributed by atoms with E-state index < -0.39 is 4.92 Å². The number of nitrogens with two attached hydrogens (primary N) is 1. The molecular weight excluding hydrogens is 262 g/mol. The maximum absolute atomic E-state index is 10.9. The van der Waals surface area contributed by atoms with Crippen molar-refractivity contribution >= 4 is 23.1 Å². The number of hydrogen-bond acceptors (Lipinski definition) is 5. The minimum absolute atomic E-state index is 0.0104. The van der Waals surface area contributed by atoms with E-state index in [4.69, 9.17) is 5.73 Å².